The summed E-state index contributed by atoms with van der Waals surface area (Å²) in [5, 5.41) is 6.76. The van der Waals surface area contributed by atoms with Gasteiger partial charge in [-0.15, -0.1) is 24.0 Å². The molecule has 1 aliphatic heterocycles. The number of aryl methyl sites for hydroxylation is 1. The molecule has 170 valence electrons. The predicted octanol–water partition coefficient (Wildman–Crippen LogP) is 3.76. The van der Waals surface area contributed by atoms with Crippen molar-refractivity contribution in [2.45, 2.75) is 26.8 Å². The summed E-state index contributed by atoms with van der Waals surface area (Å²) in [6, 6.07) is 15.1. The lowest BCUT2D eigenvalue weighted by Gasteiger charge is -2.28. The van der Waals surface area contributed by atoms with Gasteiger partial charge in [0.1, 0.15) is 5.75 Å². The van der Waals surface area contributed by atoms with E-state index in [0.29, 0.717) is 6.54 Å². The zero-order chi connectivity index (χ0) is 21.2. The number of hydrogen-bond acceptors (Lipinski definition) is 4. The number of benzene rings is 2. The van der Waals surface area contributed by atoms with E-state index in [9.17, 15) is 0 Å². The van der Waals surface area contributed by atoms with Gasteiger partial charge in [0.2, 0.25) is 0 Å². The number of halogens is 1. The SMILES string of the molecule is CCNC(=NCc1ccc(N2CCOCC2)cc1)NCCc1ccc(C)c(OC)c1.I. The largest absolute Gasteiger partial charge is 0.496 e. The van der Waals surface area contributed by atoms with Crippen molar-refractivity contribution in [2.75, 3.05) is 51.4 Å². The highest BCUT2D eigenvalue weighted by molar-refractivity contribution is 14.0. The number of guanidine groups is 1. The molecule has 0 radical (unpaired) electrons. The third-order valence-corrected chi connectivity index (χ3v) is 5.26. The molecular weight excluding hydrogens is 503 g/mol. The van der Waals surface area contributed by atoms with Crippen LogP contribution in [0.25, 0.3) is 0 Å². The van der Waals surface area contributed by atoms with Crippen molar-refractivity contribution in [3.63, 3.8) is 0 Å². The summed E-state index contributed by atoms with van der Waals surface area (Å²) in [5.41, 5.74) is 4.86. The Balaban J connectivity index is 0.00000341. The first-order valence-corrected chi connectivity index (χ1v) is 10.8. The zero-order valence-corrected chi connectivity index (χ0v) is 21.1. The van der Waals surface area contributed by atoms with Crippen LogP contribution in [0.4, 0.5) is 5.69 Å². The predicted molar refractivity (Wildman–Crippen MR) is 139 cm³/mol. The number of anilines is 1. The van der Waals surface area contributed by atoms with Gasteiger partial charge in [-0.05, 0) is 55.2 Å². The van der Waals surface area contributed by atoms with Crippen molar-refractivity contribution in [1.29, 1.82) is 0 Å². The Kier molecular flexibility index (Phi) is 10.9. The molecule has 3 rings (SSSR count). The molecule has 0 unspecified atom stereocenters. The van der Waals surface area contributed by atoms with Gasteiger partial charge in [-0.3, -0.25) is 0 Å². The smallest absolute Gasteiger partial charge is 0.191 e. The lowest BCUT2D eigenvalue weighted by molar-refractivity contribution is 0.122. The summed E-state index contributed by atoms with van der Waals surface area (Å²) in [4.78, 5) is 7.10. The van der Waals surface area contributed by atoms with Crippen molar-refractivity contribution in [3.8, 4) is 5.75 Å². The molecule has 1 saturated heterocycles. The van der Waals surface area contributed by atoms with Crippen LogP contribution in [-0.4, -0.2) is 52.5 Å². The van der Waals surface area contributed by atoms with Crippen LogP contribution in [0.3, 0.4) is 0 Å². The fraction of sp³-hybridized carbons (Fsp3) is 0.458. The van der Waals surface area contributed by atoms with E-state index in [0.717, 1.165) is 63.1 Å². The minimum absolute atomic E-state index is 0. The summed E-state index contributed by atoms with van der Waals surface area (Å²) in [5.74, 6) is 1.78. The van der Waals surface area contributed by atoms with Crippen LogP contribution in [0.2, 0.25) is 0 Å². The van der Waals surface area contributed by atoms with Crippen molar-refractivity contribution in [1.82, 2.24) is 10.6 Å². The van der Waals surface area contributed by atoms with Crippen LogP contribution in [-0.2, 0) is 17.7 Å². The van der Waals surface area contributed by atoms with Gasteiger partial charge >= 0.3 is 0 Å². The quantitative estimate of drug-likeness (QED) is 0.305. The number of aliphatic imine (C=N–C) groups is 1. The molecule has 31 heavy (non-hydrogen) atoms. The normalized spacial score (nSPS) is 14.0. The second-order valence-corrected chi connectivity index (χ2v) is 7.44. The first-order chi connectivity index (χ1) is 14.7. The van der Waals surface area contributed by atoms with Gasteiger partial charge in [0.25, 0.3) is 0 Å². The number of nitrogens with zero attached hydrogens (tertiary/aromatic N) is 2. The van der Waals surface area contributed by atoms with Crippen molar-refractivity contribution >= 4 is 35.6 Å². The molecule has 0 atom stereocenters. The van der Waals surface area contributed by atoms with E-state index in [4.69, 9.17) is 14.5 Å². The Hall–Kier alpha value is -2.00. The lowest BCUT2D eigenvalue weighted by Crippen LogP contribution is -2.38. The maximum Gasteiger partial charge on any atom is 0.191 e. The fourth-order valence-electron chi connectivity index (χ4n) is 3.49. The highest BCUT2D eigenvalue weighted by Gasteiger charge is 2.10. The molecule has 0 aliphatic carbocycles. The van der Waals surface area contributed by atoms with E-state index in [1.165, 1.54) is 16.8 Å². The Morgan fingerprint density at radius 3 is 2.45 bits per heavy atom. The molecule has 7 heteroatoms. The van der Waals surface area contributed by atoms with E-state index in [1.54, 1.807) is 7.11 Å². The van der Waals surface area contributed by atoms with Crippen LogP contribution in [0, 0.1) is 6.92 Å². The minimum Gasteiger partial charge on any atom is -0.496 e. The van der Waals surface area contributed by atoms with E-state index in [1.807, 2.05) is 0 Å². The highest BCUT2D eigenvalue weighted by Crippen LogP contribution is 2.19. The van der Waals surface area contributed by atoms with Crippen LogP contribution >= 0.6 is 24.0 Å². The molecule has 0 saturated carbocycles. The molecule has 2 aromatic rings. The molecule has 6 nitrogen and oxygen atoms in total. The van der Waals surface area contributed by atoms with E-state index < -0.39 is 0 Å². The lowest BCUT2D eigenvalue weighted by atomic mass is 10.1. The Labute approximate surface area is 203 Å². The molecule has 2 N–H and O–H groups in total. The van der Waals surface area contributed by atoms with Gasteiger partial charge in [0, 0.05) is 31.9 Å². The van der Waals surface area contributed by atoms with Crippen molar-refractivity contribution < 1.29 is 9.47 Å². The summed E-state index contributed by atoms with van der Waals surface area (Å²) >= 11 is 0. The van der Waals surface area contributed by atoms with Gasteiger partial charge in [-0.2, -0.15) is 0 Å². The van der Waals surface area contributed by atoms with Crippen molar-refractivity contribution in [3.05, 3.63) is 59.2 Å². The number of nitrogens with one attached hydrogen (secondary N) is 2. The number of hydrogen-bond donors (Lipinski definition) is 2. The van der Waals surface area contributed by atoms with E-state index in [-0.39, 0.29) is 24.0 Å². The average molecular weight is 538 g/mol. The molecular formula is C24H35IN4O2. The van der Waals surface area contributed by atoms with Crippen molar-refractivity contribution in [2.24, 2.45) is 4.99 Å². The number of methoxy groups -OCH3 is 1. The monoisotopic (exact) mass is 538 g/mol. The summed E-state index contributed by atoms with van der Waals surface area (Å²) in [7, 11) is 1.72. The van der Waals surface area contributed by atoms with Gasteiger partial charge in [-0.1, -0.05) is 24.3 Å². The van der Waals surface area contributed by atoms with Crippen LogP contribution in [0.1, 0.15) is 23.6 Å². The second-order valence-electron chi connectivity index (χ2n) is 7.44. The van der Waals surface area contributed by atoms with Crippen LogP contribution < -0.4 is 20.3 Å². The summed E-state index contributed by atoms with van der Waals surface area (Å²) in [6.45, 7) is 9.96. The second kappa shape index (κ2) is 13.4. The topological polar surface area (TPSA) is 58.1 Å². The molecule has 0 bridgehead atoms. The minimum atomic E-state index is 0. The third-order valence-electron chi connectivity index (χ3n) is 5.26. The fourth-order valence-corrected chi connectivity index (χ4v) is 3.49. The van der Waals surface area contributed by atoms with Crippen LogP contribution in [0.15, 0.2) is 47.5 Å². The maximum atomic E-state index is 5.43. The van der Waals surface area contributed by atoms with E-state index >= 15 is 0 Å². The molecule has 2 aromatic carbocycles. The standard InChI is InChI=1S/C24H34N4O2.HI/c1-4-25-24(26-12-11-20-6-5-19(2)23(17-20)29-3)27-18-21-7-9-22(10-8-21)28-13-15-30-16-14-28;/h5-10,17H,4,11-16,18H2,1-3H3,(H2,25,26,27);1H. The van der Waals surface area contributed by atoms with Crippen LogP contribution in [0.5, 0.6) is 5.75 Å². The Bertz CT molecular complexity index is 821. The molecule has 0 spiro atoms. The first-order valence-electron chi connectivity index (χ1n) is 10.8. The number of rotatable bonds is 8. The van der Waals surface area contributed by atoms with Gasteiger partial charge < -0.3 is 25.0 Å². The molecule has 1 fully saturated rings. The average Bonchev–Trinajstić information content (AvgIpc) is 2.79. The number of ether oxygens (including phenoxy) is 2. The Morgan fingerprint density at radius 2 is 1.77 bits per heavy atom. The first kappa shape index (κ1) is 25.3. The zero-order valence-electron chi connectivity index (χ0n) is 18.8. The maximum absolute atomic E-state index is 5.43. The van der Waals surface area contributed by atoms with Gasteiger partial charge in [-0.25, -0.2) is 4.99 Å². The molecule has 1 aliphatic rings. The van der Waals surface area contributed by atoms with E-state index in [2.05, 4.69) is 71.8 Å². The summed E-state index contributed by atoms with van der Waals surface area (Å²) < 4.78 is 10.9. The highest BCUT2D eigenvalue weighted by atomic mass is 127. The molecule has 0 amide bonds. The summed E-state index contributed by atoms with van der Waals surface area (Å²) in [6.07, 6.45) is 0.912. The molecule has 1 heterocycles. The third kappa shape index (κ3) is 7.88. The number of morpholine rings is 1. The molecule has 0 aromatic heterocycles. The van der Waals surface area contributed by atoms with Gasteiger partial charge in [0.15, 0.2) is 5.96 Å². The Morgan fingerprint density at radius 1 is 1.06 bits per heavy atom. The van der Waals surface area contributed by atoms with Gasteiger partial charge in [0.05, 0.1) is 26.9 Å².